The summed E-state index contributed by atoms with van der Waals surface area (Å²) in [6.07, 6.45) is 4.17. The first kappa shape index (κ1) is 20.5. The van der Waals surface area contributed by atoms with Crippen LogP contribution in [0.15, 0.2) is 18.2 Å². The molecule has 27 heavy (non-hydrogen) atoms. The van der Waals surface area contributed by atoms with E-state index in [9.17, 15) is 14.4 Å². The molecule has 8 nitrogen and oxygen atoms in total. The predicted molar refractivity (Wildman–Crippen MR) is 97.9 cm³/mol. The molecule has 0 unspecified atom stereocenters. The van der Waals surface area contributed by atoms with E-state index in [1.54, 1.807) is 12.1 Å². The number of methoxy groups -OCH3 is 2. The van der Waals surface area contributed by atoms with Gasteiger partial charge in [-0.1, -0.05) is 25.8 Å². The molecule has 1 aliphatic carbocycles. The van der Waals surface area contributed by atoms with Crippen molar-refractivity contribution in [3.8, 4) is 11.5 Å². The molecule has 0 bridgehead atoms. The molecule has 0 radical (unpaired) electrons. The fourth-order valence-corrected chi connectivity index (χ4v) is 3.15. The number of carbonyl (C=O) groups is 3. The van der Waals surface area contributed by atoms with Crippen LogP contribution in [0.2, 0.25) is 0 Å². The molecule has 0 spiro atoms. The maximum Gasteiger partial charge on any atom is 0.342 e. The van der Waals surface area contributed by atoms with Gasteiger partial charge in [0.1, 0.15) is 5.56 Å². The zero-order valence-corrected chi connectivity index (χ0v) is 15.9. The summed E-state index contributed by atoms with van der Waals surface area (Å²) in [7, 11) is 2.85. The van der Waals surface area contributed by atoms with Crippen LogP contribution in [0.25, 0.3) is 0 Å². The SMILES string of the molecule is COc1cccc(C(=O)OCC(=O)NC(=O)N[C@@H]2CCCC[C@H]2C)c1OC. The number of nitrogens with one attached hydrogen (secondary N) is 2. The summed E-state index contributed by atoms with van der Waals surface area (Å²) in [5, 5.41) is 4.99. The number of carbonyl (C=O) groups excluding carboxylic acids is 3. The van der Waals surface area contributed by atoms with E-state index >= 15 is 0 Å². The molecule has 0 saturated heterocycles. The third kappa shape index (κ3) is 5.60. The lowest BCUT2D eigenvalue weighted by Gasteiger charge is -2.29. The van der Waals surface area contributed by atoms with Crippen LogP contribution in [0.1, 0.15) is 43.0 Å². The van der Waals surface area contributed by atoms with Crippen molar-refractivity contribution in [1.29, 1.82) is 0 Å². The second-order valence-electron chi connectivity index (χ2n) is 6.51. The van der Waals surface area contributed by atoms with Crippen LogP contribution in [0, 0.1) is 5.92 Å². The molecule has 0 aromatic heterocycles. The lowest BCUT2D eigenvalue weighted by Crippen LogP contribution is -2.48. The average Bonchev–Trinajstić information content (AvgIpc) is 2.67. The van der Waals surface area contributed by atoms with Crippen molar-refractivity contribution in [3.63, 3.8) is 0 Å². The molecule has 0 heterocycles. The molecule has 2 rings (SSSR count). The van der Waals surface area contributed by atoms with Crippen molar-refractivity contribution in [3.05, 3.63) is 23.8 Å². The lowest BCUT2D eigenvalue weighted by atomic mass is 9.86. The topological polar surface area (TPSA) is 103 Å². The number of esters is 1. The van der Waals surface area contributed by atoms with Gasteiger partial charge in [0.05, 0.1) is 14.2 Å². The zero-order valence-electron chi connectivity index (χ0n) is 15.9. The Labute approximate surface area is 158 Å². The van der Waals surface area contributed by atoms with E-state index < -0.39 is 24.5 Å². The van der Waals surface area contributed by atoms with Crippen molar-refractivity contribution in [2.75, 3.05) is 20.8 Å². The maximum atomic E-state index is 12.2. The van der Waals surface area contributed by atoms with Gasteiger partial charge < -0.3 is 19.5 Å². The minimum Gasteiger partial charge on any atom is -0.493 e. The summed E-state index contributed by atoms with van der Waals surface area (Å²) in [5.74, 6) is -0.488. The smallest absolute Gasteiger partial charge is 0.342 e. The third-order valence-corrected chi connectivity index (χ3v) is 4.64. The number of para-hydroxylation sites is 1. The van der Waals surface area contributed by atoms with E-state index in [2.05, 4.69) is 17.6 Å². The summed E-state index contributed by atoms with van der Waals surface area (Å²) in [6.45, 7) is 1.50. The van der Waals surface area contributed by atoms with E-state index in [0.29, 0.717) is 11.7 Å². The normalized spacial score (nSPS) is 18.9. The monoisotopic (exact) mass is 378 g/mol. The predicted octanol–water partition coefficient (Wildman–Crippen LogP) is 2.27. The summed E-state index contributed by atoms with van der Waals surface area (Å²) < 4.78 is 15.3. The molecule has 1 saturated carbocycles. The molecule has 148 valence electrons. The van der Waals surface area contributed by atoms with Gasteiger partial charge >= 0.3 is 12.0 Å². The summed E-state index contributed by atoms with van der Waals surface area (Å²) in [4.78, 5) is 36.0. The van der Waals surface area contributed by atoms with Crippen LogP contribution in [0.4, 0.5) is 4.79 Å². The second kappa shape index (κ2) is 9.80. The van der Waals surface area contributed by atoms with E-state index in [1.807, 2.05) is 0 Å². The van der Waals surface area contributed by atoms with Crippen molar-refractivity contribution < 1.29 is 28.6 Å². The van der Waals surface area contributed by atoms with E-state index in [4.69, 9.17) is 14.2 Å². The Kier molecular flexibility index (Phi) is 7.45. The fourth-order valence-electron chi connectivity index (χ4n) is 3.15. The standard InChI is InChI=1S/C19H26N2O6/c1-12-7-4-5-9-14(12)20-19(24)21-16(22)11-27-18(23)13-8-6-10-15(25-2)17(13)26-3/h6,8,10,12,14H,4-5,7,9,11H2,1-3H3,(H2,20,21,22,24)/t12-,14-/m1/s1. The molecule has 1 aromatic rings. The van der Waals surface area contributed by atoms with Crippen LogP contribution in [0.3, 0.4) is 0 Å². The number of urea groups is 1. The van der Waals surface area contributed by atoms with Gasteiger partial charge in [-0.05, 0) is 30.9 Å². The van der Waals surface area contributed by atoms with Gasteiger partial charge in [0, 0.05) is 6.04 Å². The molecule has 2 N–H and O–H groups in total. The van der Waals surface area contributed by atoms with Crippen LogP contribution in [-0.4, -0.2) is 44.8 Å². The highest BCUT2D eigenvalue weighted by Crippen LogP contribution is 2.31. The van der Waals surface area contributed by atoms with Crippen molar-refractivity contribution in [2.45, 2.75) is 38.6 Å². The largest absolute Gasteiger partial charge is 0.493 e. The molecular formula is C19H26N2O6. The minimum absolute atomic E-state index is 0.0511. The van der Waals surface area contributed by atoms with Gasteiger partial charge in [-0.25, -0.2) is 9.59 Å². The molecule has 8 heteroatoms. The van der Waals surface area contributed by atoms with E-state index in [1.165, 1.54) is 20.3 Å². The van der Waals surface area contributed by atoms with Gasteiger partial charge in [0.25, 0.3) is 5.91 Å². The maximum absolute atomic E-state index is 12.2. The number of imide groups is 1. The molecule has 3 amide bonds. The Morgan fingerprint density at radius 2 is 1.85 bits per heavy atom. The van der Waals surface area contributed by atoms with Crippen LogP contribution in [-0.2, 0) is 9.53 Å². The average molecular weight is 378 g/mol. The first-order valence-electron chi connectivity index (χ1n) is 8.94. The van der Waals surface area contributed by atoms with Gasteiger partial charge in [0.15, 0.2) is 18.1 Å². The molecule has 2 atom stereocenters. The van der Waals surface area contributed by atoms with Crippen LogP contribution >= 0.6 is 0 Å². The molecule has 0 aliphatic heterocycles. The van der Waals surface area contributed by atoms with Crippen molar-refractivity contribution in [2.24, 2.45) is 5.92 Å². The van der Waals surface area contributed by atoms with E-state index in [0.717, 1.165) is 25.7 Å². The van der Waals surface area contributed by atoms with Crippen LogP contribution < -0.4 is 20.1 Å². The zero-order chi connectivity index (χ0) is 19.8. The van der Waals surface area contributed by atoms with E-state index in [-0.39, 0.29) is 17.4 Å². The number of ether oxygens (including phenoxy) is 3. The first-order chi connectivity index (χ1) is 13.0. The lowest BCUT2D eigenvalue weighted by molar-refractivity contribution is -0.123. The Morgan fingerprint density at radius 3 is 2.52 bits per heavy atom. The number of hydrogen-bond acceptors (Lipinski definition) is 6. The van der Waals surface area contributed by atoms with Gasteiger partial charge in [0.2, 0.25) is 0 Å². The highest BCUT2D eigenvalue weighted by molar-refractivity contribution is 5.98. The fraction of sp³-hybridized carbons (Fsp3) is 0.526. The van der Waals surface area contributed by atoms with Gasteiger partial charge in [-0.3, -0.25) is 10.1 Å². The van der Waals surface area contributed by atoms with Crippen LogP contribution in [0.5, 0.6) is 11.5 Å². The Hall–Kier alpha value is -2.77. The molecule has 1 fully saturated rings. The second-order valence-corrected chi connectivity index (χ2v) is 6.51. The summed E-state index contributed by atoms with van der Waals surface area (Å²) in [6, 6.07) is 4.22. The third-order valence-electron chi connectivity index (χ3n) is 4.64. The number of benzene rings is 1. The van der Waals surface area contributed by atoms with Gasteiger partial charge in [-0.15, -0.1) is 0 Å². The Balaban J connectivity index is 1.84. The first-order valence-corrected chi connectivity index (χ1v) is 8.94. The summed E-state index contributed by atoms with van der Waals surface area (Å²) >= 11 is 0. The number of hydrogen-bond donors (Lipinski definition) is 2. The van der Waals surface area contributed by atoms with Crippen molar-refractivity contribution in [1.82, 2.24) is 10.6 Å². The summed E-state index contributed by atoms with van der Waals surface area (Å²) in [5.41, 5.74) is 0.130. The Morgan fingerprint density at radius 1 is 1.11 bits per heavy atom. The number of amides is 3. The molecule has 1 aliphatic rings. The van der Waals surface area contributed by atoms with Crippen molar-refractivity contribution >= 4 is 17.9 Å². The quantitative estimate of drug-likeness (QED) is 0.736. The highest BCUT2D eigenvalue weighted by atomic mass is 16.5. The molecule has 1 aromatic carbocycles. The Bertz CT molecular complexity index is 691. The number of rotatable bonds is 6. The highest BCUT2D eigenvalue weighted by Gasteiger charge is 2.24. The minimum atomic E-state index is -0.748. The van der Waals surface area contributed by atoms with Gasteiger partial charge in [-0.2, -0.15) is 0 Å². The molecular weight excluding hydrogens is 352 g/mol.